The van der Waals surface area contributed by atoms with E-state index < -0.39 is 0 Å². The molecular weight excluding hydrogens is 338 g/mol. The molecule has 2 aromatic carbocycles. The Morgan fingerprint density at radius 1 is 1.11 bits per heavy atom. The number of aryl methyl sites for hydroxylation is 1. The molecule has 0 fully saturated rings. The van der Waals surface area contributed by atoms with Gasteiger partial charge in [-0.25, -0.2) is 9.97 Å². The normalized spacial score (nSPS) is 10.5. The van der Waals surface area contributed by atoms with Gasteiger partial charge in [-0.2, -0.15) is 5.26 Å². The van der Waals surface area contributed by atoms with Gasteiger partial charge in [0.1, 0.15) is 12.0 Å². The highest BCUT2D eigenvalue weighted by atomic mass is 16.1. The molecule has 2 heterocycles. The van der Waals surface area contributed by atoms with Gasteiger partial charge in [0.15, 0.2) is 5.82 Å². The number of nitriles is 1. The SMILES string of the molecule is Cn1ccnc1C(=O)c1cn(-c2cccc(-c3ccccc3C#N)c2)cn1. The van der Waals surface area contributed by atoms with Gasteiger partial charge >= 0.3 is 0 Å². The van der Waals surface area contributed by atoms with Crippen molar-refractivity contribution >= 4 is 5.78 Å². The molecule has 6 nitrogen and oxygen atoms in total. The Balaban J connectivity index is 1.70. The van der Waals surface area contributed by atoms with Crippen molar-refractivity contribution < 1.29 is 4.79 Å². The minimum Gasteiger partial charge on any atom is -0.331 e. The molecule has 130 valence electrons. The van der Waals surface area contributed by atoms with E-state index in [-0.39, 0.29) is 5.78 Å². The molecule has 0 aliphatic rings. The van der Waals surface area contributed by atoms with Crippen molar-refractivity contribution in [3.8, 4) is 22.9 Å². The quantitative estimate of drug-likeness (QED) is 0.527. The van der Waals surface area contributed by atoms with E-state index in [1.165, 1.54) is 0 Å². The van der Waals surface area contributed by atoms with Crippen LogP contribution in [0, 0.1) is 11.3 Å². The first-order chi connectivity index (χ1) is 13.2. The van der Waals surface area contributed by atoms with Crippen molar-refractivity contribution in [3.05, 3.63) is 90.5 Å². The minimum atomic E-state index is -0.229. The molecular formula is C21H15N5O. The summed E-state index contributed by atoms with van der Waals surface area (Å²) in [6.45, 7) is 0. The molecule has 0 saturated heterocycles. The zero-order chi connectivity index (χ0) is 18.8. The summed E-state index contributed by atoms with van der Waals surface area (Å²) >= 11 is 0. The van der Waals surface area contributed by atoms with Crippen molar-refractivity contribution in [3.63, 3.8) is 0 Å². The molecule has 0 N–H and O–H groups in total. The number of rotatable bonds is 4. The molecule has 0 bridgehead atoms. The molecule has 4 aromatic rings. The minimum absolute atomic E-state index is 0.229. The Labute approximate surface area is 156 Å². The lowest BCUT2D eigenvalue weighted by Gasteiger charge is -2.07. The maximum atomic E-state index is 12.5. The first-order valence-electron chi connectivity index (χ1n) is 8.33. The Bertz CT molecular complexity index is 1180. The van der Waals surface area contributed by atoms with Crippen LogP contribution in [0.1, 0.15) is 21.9 Å². The van der Waals surface area contributed by atoms with Crippen LogP contribution in [-0.2, 0) is 7.05 Å². The summed E-state index contributed by atoms with van der Waals surface area (Å²) < 4.78 is 3.45. The number of aromatic nitrogens is 4. The van der Waals surface area contributed by atoms with E-state index in [0.717, 1.165) is 16.8 Å². The molecule has 6 heteroatoms. The first-order valence-corrected chi connectivity index (χ1v) is 8.33. The molecule has 2 aromatic heterocycles. The number of carbonyl (C=O) groups excluding carboxylic acids is 1. The second-order valence-corrected chi connectivity index (χ2v) is 6.06. The van der Waals surface area contributed by atoms with E-state index in [9.17, 15) is 10.1 Å². The third kappa shape index (κ3) is 3.02. The van der Waals surface area contributed by atoms with E-state index in [4.69, 9.17) is 0 Å². The lowest BCUT2D eigenvalue weighted by atomic mass is 10.00. The Kier molecular flexibility index (Phi) is 4.11. The Morgan fingerprint density at radius 2 is 1.96 bits per heavy atom. The maximum Gasteiger partial charge on any atom is 0.248 e. The third-order valence-corrected chi connectivity index (χ3v) is 4.34. The van der Waals surface area contributed by atoms with Crippen LogP contribution in [-0.4, -0.2) is 24.9 Å². The summed E-state index contributed by atoms with van der Waals surface area (Å²) in [6.07, 6.45) is 6.60. The third-order valence-electron chi connectivity index (χ3n) is 4.34. The van der Waals surface area contributed by atoms with Crippen molar-refractivity contribution in [1.82, 2.24) is 19.1 Å². The molecule has 0 aliphatic carbocycles. The van der Waals surface area contributed by atoms with Crippen LogP contribution in [0.25, 0.3) is 16.8 Å². The van der Waals surface area contributed by atoms with Crippen LogP contribution in [0.2, 0.25) is 0 Å². The number of hydrogen-bond donors (Lipinski definition) is 0. The summed E-state index contributed by atoms with van der Waals surface area (Å²) in [4.78, 5) is 20.9. The van der Waals surface area contributed by atoms with Crippen LogP contribution in [0.15, 0.2) is 73.4 Å². The fourth-order valence-electron chi connectivity index (χ4n) is 2.95. The smallest absolute Gasteiger partial charge is 0.248 e. The largest absolute Gasteiger partial charge is 0.331 e. The highest BCUT2D eigenvalue weighted by molar-refractivity contribution is 6.05. The highest BCUT2D eigenvalue weighted by Crippen LogP contribution is 2.25. The van der Waals surface area contributed by atoms with Gasteiger partial charge in [0.05, 0.1) is 11.6 Å². The first kappa shape index (κ1) is 16.5. The number of carbonyl (C=O) groups is 1. The van der Waals surface area contributed by atoms with E-state index >= 15 is 0 Å². The summed E-state index contributed by atoms with van der Waals surface area (Å²) in [7, 11) is 1.77. The molecule has 0 radical (unpaired) electrons. The molecule has 0 amide bonds. The lowest BCUT2D eigenvalue weighted by Crippen LogP contribution is -2.09. The van der Waals surface area contributed by atoms with Gasteiger partial charge in [-0.3, -0.25) is 4.79 Å². The Morgan fingerprint density at radius 3 is 2.74 bits per heavy atom. The Hall–Kier alpha value is -3.98. The molecule has 4 rings (SSSR count). The van der Waals surface area contributed by atoms with E-state index in [0.29, 0.717) is 17.1 Å². The number of hydrogen-bond acceptors (Lipinski definition) is 4. The topological polar surface area (TPSA) is 76.5 Å². The highest BCUT2D eigenvalue weighted by Gasteiger charge is 2.17. The summed E-state index contributed by atoms with van der Waals surface area (Å²) in [6, 6.07) is 17.4. The number of nitrogens with zero attached hydrogens (tertiary/aromatic N) is 5. The van der Waals surface area contributed by atoms with Crippen LogP contribution in [0.4, 0.5) is 0 Å². The van der Waals surface area contributed by atoms with E-state index in [1.54, 1.807) is 47.2 Å². The fraction of sp³-hybridized carbons (Fsp3) is 0.0476. The lowest BCUT2D eigenvalue weighted by molar-refractivity contribution is 0.102. The fourth-order valence-corrected chi connectivity index (χ4v) is 2.95. The van der Waals surface area contributed by atoms with Crippen molar-refractivity contribution in [2.24, 2.45) is 7.05 Å². The van der Waals surface area contributed by atoms with Crippen molar-refractivity contribution in [2.45, 2.75) is 0 Å². The van der Waals surface area contributed by atoms with Gasteiger partial charge in [-0.05, 0) is 29.3 Å². The standard InChI is InChI=1S/C21H15N5O/c1-25-10-9-23-21(25)20(27)19-13-26(14-24-19)17-7-4-6-15(11-17)18-8-3-2-5-16(18)12-22/h2-11,13-14H,1H3. The van der Waals surface area contributed by atoms with Gasteiger partial charge < -0.3 is 9.13 Å². The average Bonchev–Trinajstić information content (AvgIpc) is 3.37. The molecule has 27 heavy (non-hydrogen) atoms. The molecule has 0 spiro atoms. The van der Waals surface area contributed by atoms with Gasteiger partial charge in [-0.15, -0.1) is 0 Å². The zero-order valence-corrected chi connectivity index (χ0v) is 14.6. The molecule has 0 saturated carbocycles. The van der Waals surface area contributed by atoms with E-state index in [1.807, 2.05) is 42.5 Å². The average molecular weight is 353 g/mol. The van der Waals surface area contributed by atoms with Crippen LogP contribution < -0.4 is 0 Å². The van der Waals surface area contributed by atoms with Crippen molar-refractivity contribution in [1.29, 1.82) is 5.26 Å². The molecule has 0 aliphatic heterocycles. The molecule has 0 unspecified atom stereocenters. The van der Waals surface area contributed by atoms with Gasteiger partial charge in [0.2, 0.25) is 5.78 Å². The van der Waals surface area contributed by atoms with Gasteiger partial charge in [-0.1, -0.05) is 30.3 Å². The van der Waals surface area contributed by atoms with Gasteiger partial charge in [0.25, 0.3) is 0 Å². The second-order valence-electron chi connectivity index (χ2n) is 6.06. The molecule has 0 atom stereocenters. The summed E-state index contributed by atoms with van der Waals surface area (Å²) in [5, 5.41) is 9.33. The number of imidazole rings is 2. The number of benzene rings is 2. The van der Waals surface area contributed by atoms with Crippen LogP contribution in [0.3, 0.4) is 0 Å². The van der Waals surface area contributed by atoms with Crippen molar-refractivity contribution in [2.75, 3.05) is 0 Å². The predicted molar refractivity (Wildman–Crippen MR) is 100 cm³/mol. The number of ketones is 1. The maximum absolute atomic E-state index is 12.5. The van der Waals surface area contributed by atoms with E-state index in [2.05, 4.69) is 16.0 Å². The second kappa shape index (κ2) is 6.73. The predicted octanol–water partition coefficient (Wildman–Crippen LogP) is 3.38. The monoisotopic (exact) mass is 353 g/mol. The van der Waals surface area contributed by atoms with Gasteiger partial charge in [0, 0.05) is 31.3 Å². The summed E-state index contributed by atoms with van der Waals surface area (Å²) in [5.74, 6) is 0.115. The van der Waals surface area contributed by atoms with Crippen LogP contribution >= 0.6 is 0 Å². The van der Waals surface area contributed by atoms with Crippen LogP contribution in [0.5, 0.6) is 0 Å². The zero-order valence-electron chi connectivity index (χ0n) is 14.6. The summed E-state index contributed by atoms with van der Waals surface area (Å²) in [5.41, 5.74) is 3.59.